The number of nitrogens with zero attached hydrogens (tertiary/aromatic N) is 2. The molecule has 1 aliphatic heterocycles. The Balaban J connectivity index is 1.58. The van der Waals surface area contributed by atoms with Crippen molar-refractivity contribution >= 4 is 11.9 Å². The highest BCUT2D eigenvalue weighted by molar-refractivity contribution is 5.79. The van der Waals surface area contributed by atoms with Crippen LogP contribution in [0, 0.1) is 0 Å². The lowest BCUT2D eigenvalue weighted by Gasteiger charge is -2.16. The number of hydrogen-bond donors (Lipinski definition) is 2. The van der Waals surface area contributed by atoms with Gasteiger partial charge < -0.3 is 25.0 Å². The minimum atomic E-state index is 0.263. The maximum atomic E-state index is 11.7. The molecule has 1 aromatic carbocycles. The third kappa shape index (κ3) is 9.28. The summed E-state index contributed by atoms with van der Waals surface area (Å²) in [6.45, 7) is 7.81. The summed E-state index contributed by atoms with van der Waals surface area (Å²) in [5, 5.41) is 6.55. The van der Waals surface area contributed by atoms with Crippen LogP contribution < -0.4 is 10.6 Å². The highest BCUT2D eigenvalue weighted by atomic mass is 16.5. The molecule has 0 spiro atoms. The van der Waals surface area contributed by atoms with E-state index in [2.05, 4.69) is 46.8 Å². The number of benzene rings is 1. The number of unbranched alkanes of at least 4 members (excludes halogenated alkanes) is 1. The first kappa shape index (κ1) is 23.2. The van der Waals surface area contributed by atoms with Gasteiger partial charge in [0.2, 0.25) is 5.91 Å². The molecule has 1 aliphatic rings. The van der Waals surface area contributed by atoms with Gasteiger partial charge in [0.25, 0.3) is 0 Å². The van der Waals surface area contributed by atoms with Crippen molar-refractivity contribution in [3.8, 4) is 0 Å². The number of guanidine groups is 1. The summed E-state index contributed by atoms with van der Waals surface area (Å²) < 4.78 is 11.0. The predicted molar refractivity (Wildman–Crippen MR) is 116 cm³/mol. The van der Waals surface area contributed by atoms with Crippen LogP contribution in [-0.4, -0.2) is 63.3 Å². The Kier molecular flexibility index (Phi) is 11.1. The summed E-state index contributed by atoms with van der Waals surface area (Å²) in [7, 11) is 1.76. The van der Waals surface area contributed by atoms with E-state index in [1.165, 1.54) is 11.1 Å². The zero-order valence-corrected chi connectivity index (χ0v) is 17.9. The second-order valence-corrected chi connectivity index (χ2v) is 7.17. The number of rotatable bonds is 13. The van der Waals surface area contributed by atoms with E-state index in [-0.39, 0.29) is 5.91 Å². The third-order valence-corrected chi connectivity index (χ3v) is 4.80. The zero-order chi connectivity index (χ0) is 20.7. The van der Waals surface area contributed by atoms with Gasteiger partial charge in [-0.05, 0) is 24.0 Å². The van der Waals surface area contributed by atoms with Gasteiger partial charge in [-0.1, -0.05) is 37.6 Å². The molecule has 1 aromatic rings. The van der Waals surface area contributed by atoms with Crippen molar-refractivity contribution in [2.45, 2.75) is 45.7 Å². The lowest BCUT2D eigenvalue weighted by atomic mass is 10.1. The molecule has 0 aromatic heterocycles. The highest BCUT2D eigenvalue weighted by Crippen LogP contribution is 2.14. The fourth-order valence-corrected chi connectivity index (χ4v) is 3.07. The Labute approximate surface area is 174 Å². The van der Waals surface area contributed by atoms with Gasteiger partial charge in [0.1, 0.15) is 0 Å². The molecule has 0 aliphatic carbocycles. The summed E-state index contributed by atoms with van der Waals surface area (Å²) >= 11 is 0. The van der Waals surface area contributed by atoms with E-state index in [4.69, 9.17) is 9.47 Å². The molecule has 1 fully saturated rings. The van der Waals surface area contributed by atoms with Crippen LogP contribution in [0.5, 0.6) is 0 Å². The quantitative estimate of drug-likeness (QED) is 0.300. The van der Waals surface area contributed by atoms with Crippen LogP contribution in [0.2, 0.25) is 0 Å². The molecule has 0 bridgehead atoms. The number of likely N-dealkylation sites (tertiary alicyclic amines) is 1. The molecule has 1 amide bonds. The van der Waals surface area contributed by atoms with Gasteiger partial charge in [-0.15, -0.1) is 0 Å². The van der Waals surface area contributed by atoms with Crippen molar-refractivity contribution in [2.24, 2.45) is 4.99 Å². The number of nitrogens with one attached hydrogen (secondary N) is 2. The van der Waals surface area contributed by atoms with E-state index < -0.39 is 0 Å². The molecule has 162 valence electrons. The molecule has 2 rings (SSSR count). The predicted octanol–water partition coefficient (Wildman–Crippen LogP) is 2.31. The number of amides is 1. The van der Waals surface area contributed by atoms with Gasteiger partial charge in [-0.3, -0.25) is 9.79 Å². The molecule has 7 heteroatoms. The first-order valence-corrected chi connectivity index (χ1v) is 10.7. The van der Waals surface area contributed by atoms with Crippen LogP contribution in [0.15, 0.2) is 29.3 Å². The van der Waals surface area contributed by atoms with E-state index in [9.17, 15) is 4.79 Å². The first-order valence-electron chi connectivity index (χ1n) is 10.7. The lowest BCUT2D eigenvalue weighted by Crippen LogP contribution is -2.38. The summed E-state index contributed by atoms with van der Waals surface area (Å²) in [5.41, 5.74) is 2.34. The van der Waals surface area contributed by atoms with Crippen LogP contribution in [0.25, 0.3) is 0 Å². The molecule has 1 saturated heterocycles. The second-order valence-electron chi connectivity index (χ2n) is 7.17. The number of hydrogen-bond acceptors (Lipinski definition) is 4. The molecule has 0 unspecified atom stereocenters. The molecular weight excluding hydrogens is 368 g/mol. The Morgan fingerprint density at radius 1 is 1.07 bits per heavy atom. The van der Waals surface area contributed by atoms with Crippen molar-refractivity contribution in [2.75, 3.05) is 46.6 Å². The smallest absolute Gasteiger partial charge is 0.222 e. The maximum Gasteiger partial charge on any atom is 0.222 e. The monoisotopic (exact) mass is 404 g/mol. The normalized spacial score (nSPS) is 14.5. The van der Waals surface area contributed by atoms with Crippen molar-refractivity contribution in [3.05, 3.63) is 35.4 Å². The van der Waals surface area contributed by atoms with Crippen molar-refractivity contribution in [1.82, 2.24) is 15.5 Å². The first-order chi connectivity index (χ1) is 14.2. The van der Waals surface area contributed by atoms with E-state index >= 15 is 0 Å². The number of ether oxygens (including phenoxy) is 2. The average molecular weight is 405 g/mol. The molecule has 0 radical (unpaired) electrons. The molecule has 2 N–H and O–H groups in total. The molecule has 0 saturated carbocycles. The van der Waals surface area contributed by atoms with Gasteiger partial charge >= 0.3 is 0 Å². The molecular formula is C22H36N4O3. The Morgan fingerprint density at radius 3 is 2.45 bits per heavy atom. The summed E-state index contributed by atoms with van der Waals surface area (Å²) in [5.74, 6) is 1.01. The lowest BCUT2D eigenvalue weighted by molar-refractivity contribution is -0.128. The summed E-state index contributed by atoms with van der Waals surface area (Å²) in [6, 6.07) is 8.38. The Morgan fingerprint density at radius 2 is 1.79 bits per heavy atom. The number of carbonyl (C=O) groups excluding carboxylic acids is 1. The van der Waals surface area contributed by atoms with Gasteiger partial charge in [0.05, 0.1) is 19.8 Å². The van der Waals surface area contributed by atoms with Gasteiger partial charge in [0.15, 0.2) is 5.96 Å². The van der Waals surface area contributed by atoms with Crippen LogP contribution in [0.1, 0.15) is 43.7 Å². The van der Waals surface area contributed by atoms with Crippen LogP contribution in [-0.2, 0) is 27.4 Å². The third-order valence-electron chi connectivity index (χ3n) is 4.80. The molecule has 29 heavy (non-hydrogen) atoms. The van der Waals surface area contributed by atoms with E-state index in [1.807, 2.05) is 4.90 Å². The standard InChI is InChI=1S/C22H36N4O3/c1-3-4-13-28-15-16-29-14-11-24-22(23-2)25-17-19-7-9-20(10-8-19)18-26-12-5-6-21(26)27/h7-10H,3-6,11-18H2,1-2H3,(H2,23,24,25). The zero-order valence-electron chi connectivity index (χ0n) is 17.9. The van der Waals surface area contributed by atoms with Crippen molar-refractivity contribution < 1.29 is 14.3 Å². The fraction of sp³-hybridized carbons (Fsp3) is 0.636. The molecule has 0 atom stereocenters. The highest BCUT2D eigenvalue weighted by Gasteiger charge is 2.19. The van der Waals surface area contributed by atoms with Gasteiger partial charge in [-0.2, -0.15) is 0 Å². The molecule has 1 heterocycles. The topological polar surface area (TPSA) is 75.2 Å². The van der Waals surface area contributed by atoms with Crippen LogP contribution in [0.4, 0.5) is 0 Å². The minimum absolute atomic E-state index is 0.263. The molecule has 7 nitrogen and oxygen atoms in total. The largest absolute Gasteiger partial charge is 0.379 e. The Hall–Kier alpha value is -2.12. The average Bonchev–Trinajstić information content (AvgIpc) is 3.14. The van der Waals surface area contributed by atoms with Gasteiger partial charge in [-0.25, -0.2) is 0 Å². The van der Waals surface area contributed by atoms with Crippen LogP contribution in [0.3, 0.4) is 0 Å². The van der Waals surface area contributed by atoms with Crippen molar-refractivity contribution in [3.63, 3.8) is 0 Å². The maximum absolute atomic E-state index is 11.7. The van der Waals surface area contributed by atoms with E-state index in [0.29, 0.717) is 45.9 Å². The SMILES string of the molecule is CCCCOCCOCCNC(=NC)NCc1ccc(CN2CCCC2=O)cc1. The number of aliphatic imine (C=N–C) groups is 1. The Bertz CT molecular complexity index is 619. The van der Waals surface area contributed by atoms with E-state index in [0.717, 1.165) is 38.4 Å². The van der Waals surface area contributed by atoms with Gasteiger partial charge in [0, 0.05) is 46.3 Å². The van der Waals surface area contributed by atoms with Crippen molar-refractivity contribution in [1.29, 1.82) is 0 Å². The fourth-order valence-electron chi connectivity index (χ4n) is 3.07. The minimum Gasteiger partial charge on any atom is -0.379 e. The summed E-state index contributed by atoms with van der Waals surface area (Å²) in [6.07, 6.45) is 3.92. The van der Waals surface area contributed by atoms with E-state index in [1.54, 1.807) is 7.05 Å². The number of carbonyl (C=O) groups is 1. The van der Waals surface area contributed by atoms with Crippen LogP contribution >= 0.6 is 0 Å². The summed E-state index contributed by atoms with van der Waals surface area (Å²) in [4.78, 5) is 17.9. The second kappa shape index (κ2) is 14.0.